The molecule has 1 atom stereocenters. The van der Waals surface area contributed by atoms with Crippen LogP contribution in [0.25, 0.3) is 0 Å². The fourth-order valence-corrected chi connectivity index (χ4v) is 4.19. The molecule has 0 radical (unpaired) electrons. The van der Waals surface area contributed by atoms with Gasteiger partial charge in [0.2, 0.25) is 0 Å². The number of benzene rings is 1. The summed E-state index contributed by atoms with van der Waals surface area (Å²) in [7, 11) is 0. The number of thiazole rings is 1. The average molecular weight is 307 g/mol. The van der Waals surface area contributed by atoms with Gasteiger partial charge in [0.05, 0.1) is 16.7 Å². The number of aromatic nitrogens is 1. The van der Waals surface area contributed by atoms with E-state index >= 15 is 0 Å². The van der Waals surface area contributed by atoms with Gasteiger partial charge in [-0.25, -0.2) is 4.98 Å². The van der Waals surface area contributed by atoms with Crippen molar-refractivity contribution in [3.05, 3.63) is 50.4 Å². The van der Waals surface area contributed by atoms with Crippen molar-refractivity contribution < 1.29 is 0 Å². The van der Waals surface area contributed by atoms with Crippen molar-refractivity contribution in [2.45, 2.75) is 38.6 Å². The summed E-state index contributed by atoms with van der Waals surface area (Å²) < 4.78 is 0. The first kappa shape index (κ1) is 14.1. The summed E-state index contributed by atoms with van der Waals surface area (Å²) >= 11 is 8.10. The zero-order valence-electron chi connectivity index (χ0n) is 11.7. The third-order valence-electron chi connectivity index (χ3n) is 3.75. The number of fused-ring (bicyclic) bond motifs is 1. The van der Waals surface area contributed by atoms with E-state index in [-0.39, 0.29) is 0 Å². The molecular weight excluding hydrogens is 288 g/mol. The van der Waals surface area contributed by atoms with Crippen molar-refractivity contribution in [2.75, 3.05) is 6.54 Å². The monoisotopic (exact) mass is 306 g/mol. The first-order valence-electron chi connectivity index (χ1n) is 7.23. The SMILES string of the molecule is CCNC1CCCc2sc(Cc3ccccc3Cl)nc21. The standard InChI is InChI=1S/C16H19ClN2S/c1-2-18-13-8-5-9-14-16(13)19-15(20-14)10-11-6-3-4-7-12(11)17/h3-4,6-7,13,18H,2,5,8-10H2,1H3. The lowest BCUT2D eigenvalue weighted by atomic mass is 9.98. The van der Waals surface area contributed by atoms with Crippen LogP contribution in [0.3, 0.4) is 0 Å². The summed E-state index contributed by atoms with van der Waals surface area (Å²) in [6.07, 6.45) is 4.49. The highest BCUT2D eigenvalue weighted by molar-refractivity contribution is 7.11. The average Bonchev–Trinajstić information content (AvgIpc) is 2.85. The smallest absolute Gasteiger partial charge is 0.0976 e. The molecule has 0 aliphatic heterocycles. The Morgan fingerprint density at radius 2 is 2.25 bits per heavy atom. The Bertz CT molecular complexity index is 594. The van der Waals surface area contributed by atoms with E-state index in [1.807, 2.05) is 29.5 Å². The third-order valence-corrected chi connectivity index (χ3v) is 5.25. The minimum Gasteiger partial charge on any atom is -0.309 e. The lowest BCUT2D eigenvalue weighted by Crippen LogP contribution is -2.24. The van der Waals surface area contributed by atoms with Gasteiger partial charge in [-0.05, 0) is 37.4 Å². The van der Waals surface area contributed by atoms with Crippen molar-refractivity contribution in [1.29, 1.82) is 0 Å². The first-order valence-corrected chi connectivity index (χ1v) is 8.42. The highest BCUT2D eigenvalue weighted by Crippen LogP contribution is 2.34. The van der Waals surface area contributed by atoms with Crippen molar-refractivity contribution in [2.24, 2.45) is 0 Å². The molecule has 4 heteroatoms. The molecule has 2 nitrogen and oxygen atoms in total. The Hall–Kier alpha value is -0.900. The number of hydrogen-bond acceptors (Lipinski definition) is 3. The Morgan fingerprint density at radius 1 is 1.40 bits per heavy atom. The second-order valence-electron chi connectivity index (χ2n) is 5.19. The third kappa shape index (κ3) is 2.90. The van der Waals surface area contributed by atoms with E-state index in [4.69, 9.17) is 16.6 Å². The Morgan fingerprint density at radius 3 is 3.05 bits per heavy atom. The van der Waals surface area contributed by atoms with E-state index in [0.29, 0.717) is 6.04 Å². The van der Waals surface area contributed by atoms with Gasteiger partial charge >= 0.3 is 0 Å². The van der Waals surface area contributed by atoms with Crippen LogP contribution < -0.4 is 5.32 Å². The van der Waals surface area contributed by atoms with Gasteiger partial charge in [-0.3, -0.25) is 0 Å². The fraction of sp³-hybridized carbons (Fsp3) is 0.438. The molecule has 0 bridgehead atoms. The quantitative estimate of drug-likeness (QED) is 0.907. The van der Waals surface area contributed by atoms with Crippen molar-refractivity contribution in [3.63, 3.8) is 0 Å². The molecule has 1 N–H and O–H groups in total. The maximum atomic E-state index is 6.24. The molecule has 1 aliphatic carbocycles. The summed E-state index contributed by atoms with van der Waals surface area (Å²) in [5.74, 6) is 0. The van der Waals surface area contributed by atoms with Crippen LogP contribution in [-0.4, -0.2) is 11.5 Å². The lowest BCUT2D eigenvalue weighted by molar-refractivity contribution is 0.465. The van der Waals surface area contributed by atoms with Crippen LogP contribution in [0.4, 0.5) is 0 Å². The van der Waals surface area contributed by atoms with E-state index in [1.165, 1.54) is 40.4 Å². The number of hydrogen-bond donors (Lipinski definition) is 1. The zero-order chi connectivity index (χ0) is 13.9. The molecule has 1 heterocycles. The second kappa shape index (κ2) is 6.25. The summed E-state index contributed by atoms with van der Waals surface area (Å²) in [6.45, 7) is 3.16. The molecule has 106 valence electrons. The summed E-state index contributed by atoms with van der Waals surface area (Å²) in [6, 6.07) is 8.49. The van der Waals surface area contributed by atoms with Crippen molar-refractivity contribution in [1.82, 2.24) is 10.3 Å². The number of nitrogens with one attached hydrogen (secondary N) is 1. The van der Waals surface area contributed by atoms with E-state index in [1.54, 1.807) is 0 Å². The van der Waals surface area contributed by atoms with Gasteiger partial charge in [0, 0.05) is 16.3 Å². The van der Waals surface area contributed by atoms with Gasteiger partial charge in [-0.1, -0.05) is 36.7 Å². The number of rotatable bonds is 4. The van der Waals surface area contributed by atoms with Crippen molar-refractivity contribution in [3.8, 4) is 0 Å². The maximum absolute atomic E-state index is 6.24. The topological polar surface area (TPSA) is 24.9 Å². The van der Waals surface area contributed by atoms with Crippen LogP contribution in [0.5, 0.6) is 0 Å². The summed E-state index contributed by atoms with van der Waals surface area (Å²) in [4.78, 5) is 6.35. The molecule has 2 aromatic rings. The Labute approximate surface area is 129 Å². The number of nitrogens with zero attached hydrogens (tertiary/aromatic N) is 1. The lowest BCUT2D eigenvalue weighted by Gasteiger charge is -2.21. The summed E-state index contributed by atoms with van der Waals surface area (Å²) in [5.41, 5.74) is 2.45. The largest absolute Gasteiger partial charge is 0.309 e. The van der Waals surface area contributed by atoms with Gasteiger partial charge in [0.15, 0.2) is 0 Å². The van der Waals surface area contributed by atoms with Crippen LogP contribution in [0.1, 0.15) is 46.9 Å². The molecule has 3 rings (SSSR count). The molecule has 1 unspecified atom stereocenters. The highest BCUT2D eigenvalue weighted by Gasteiger charge is 2.24. The van der Waals surface area contributed by atoms with E-state index in [0.717, 1.165) is 18.0 Å². The number of aryl methyl sites for hydroxylation is 1. The Kier molecular flexibility index (Phi) is 4.39. The molecule has 1 aromatic carbocycles. The van der Waals surface area contributed by atoms with E-state index in [2.05, 4.69) is 18.3 Å². The van der Waals surface area contributed by atoms with Gasteiger partial charge in [0.25, 0.3) is 0 Å². The molecule has 0 spiro atoms. The molecule has 1 aromatic heterocycles. The van der Waals surface area contributed by atoms with Gasteiger partial charge in [-0.2, -0.15) is 0 Å². The van der Waals surface area contributed by atoms with E-state index in [9.17, 15) is 0 Å². The maximum Gasteiger partial charge on any atom is 0.0976 e. The predicted octanol–water partition coefficient (Wildman–Crippen LogP) is 4.37. The Balaban J connectivity index is 1.84. The van der Waals surface area contributed by atoms with Gasteiger partial charge < -0.3 is 5.32 Å². The minimum atomic E-state index is 0.444. The van der Waals surface area contributed by atoms with Gasteiger partial charge in [0.1, 0.15) is 0 Å². The molecule has 1 aliphatic rings. The van der Waals surface area contributed by atoms with Gasteiger partial charge in [-0.15, -0.1) is 11.3 Å². The minimum absolute atomic E-state index is 0.444. The second-order valence-corrected chi connectivity index (χ2v) is 6.76. The van der Waals surface area contributed by atoms with Crippen LogP contribution in [0.15, 0.2) is 24.3 Å². The summed E-state index contributed by atoms with van der Waals surface area (Å²) in [5, 5.41) is 5.57. The van der Waals surface area contributed by atoms with E-state index < -0.39 is 0 Å². The highest BCUT2D eigenvalue weighted by atomic mass is 35.5. The fourth-order valence-electron chi connectivity index (χ4n) is 2.79. The molecule has 0 amide bonds. The molecule has 0 fully saturated rings. The molecular formula is C16H19ClN2S. The molecule has 20 heavy (non-hydrogen) atoms. The predicted molar refractivity (Wildman–Crippen MR) is 85.7 cm³/mol. The molecule has 0 saturated heterocycles. The van der Waals surface area contributed by atoms with Crippen LogP contribution in [0.2, 0.25) is 5.02 Å². The first-order chi connectivity index (χ1) is 9.78. The zero-order valence-corrected chi connectivity index (χ0v) is 13.2. The van der Waals surface area contributed by atoms with Crippen molar-refractivity contribution >= 4 is 22.9 Å². The molecule has 0 saturated carbocycles. The normalized spacial score (nSPS) is 18.0. The van der Waals surface area contributed by atoms with Crippen LogP contribution in [0, 0.1) is 0 Å². The van der Waals surface area contributed by atoms with Crippen LogP contribution in [-0.2, 0) is 12.8 Å². The van der Waals surface area contributed by atoms with Crippen LogP contribution >= 0.6 is 22.9 Å². The number of halogens is 1.